The molecule has 4 saturated heterocycles. The molecule has 2 unspecified atom stereocenters. The molecule has 31 heteroatoms. The van der Waals surface area contributed by atoms with Gasteiger partial charge < -0.3 is 76.7 Å². The molecule has 4 aromatic heterocycles. The van der Waals surface area contributed by atoms with Crippen molar-refractivity contribution in [2.75, 3.05) is 76.7 Å². The molecule has 10 atom stereocenters. The number of ether oxygens (including phenoxy) is 2. The van der Waals surface area contributed by atoms with E-state index >= 15 is 0 Å². The first-order valence-corrected chi connectivity index (χ1v) is 27.3. The molecule has 26 nitrogen and oxygen atoms in total. The van der Waals surface area contributed by atoms with Crippen LogP contribution in [0.3, 0.4) is 0 Å². The molecule has 8 heterocycles. The van der Waals surface area contributed by atoms with Crippen molar-refractivity contribution in [3.8, 4) is 0 Å². The summed E-state index contributed by atoms with van der Waals surface area (Å²) in [5, 5.41) is 0. The van der Waals surface area contributed by atoms with E-state index in [1.54, 1.807) is 47.4 Å². The first-order chi connectivity index (χ1) is 36.8. The molecule has 0 radical (unpaired) electrons. The number of anilines is 2. The lowest BCUT2D eigenvalue weighted by Gasteiger charge is -2.22. The fourth-order valence-electron chi connectivity index (χ4n) is 8.73. The van der Waals surface area contributed by atoms with Gasteiger partial charge in [-0.15, -0.1) is 0 Å². The van der Waals surface area contributed by atoms with E-state index in [1.807, 2.05) is 60.7 Å². The Hall–Kier alpha value is -5.06. The third kappa shape index (κ3) is 12.5. The Kier molecular flexibility index (Phi) is 18.1. The minimum absolute atomic E-state index is 0.0299. The van der Waals surface area contributed by atoms with Crippen LogP contribution in [0, 0.1) is 0 Å². The molecule has 4 aliphatic rings. The molecule has 4 fully saturated rings. The van der Waals surface area contributed by atoms with Crippen LogP contribution in [0.5, 0.6) is 0 Å². The average molecular weight is 1090 g/mol. The van der Waals surface area contributed by atoms with Crippen LogP contribution in [-0.4, -0.2) is 168 Å². The minimum Gasteiger partial charge on any atom is -0.399 e. The van der Waals surface area contributed by atoms with Gasteiger partial charge in [0.25, 0.3) is 11.1 Å². The van der Waals surface area contributed by atoms with Crippen molar-refractivity contribution in [1.29, 1.82) is 0 Å². The van der Waals surface area contributed by atoms with E-state index in [1.165, 1.54) is 12.7 Å². The van der Waals surface area contributed by atoms with E-state index in [0.717, 1.165) is 10.9 Å². The largest absolute Gasteiger partial charge is 0.494 e. The number of aromatic amines is 2. The third-order valence-corrected chi connectivity index (χ3v) is 15.3. The van der Waals surface area contributed by atoms with E-state index in [4.69, 9.17) is 66.7 Å². The van der Waals surface area contributed by atoms with Gasteiger partial charge in [-0.3, -0.25) is 28.7 Å². The van der Waals surface area contributed by atoms with E-state index < -0.39 is 91.6 Å². The Labute approximate surface area is 436 Å². The van der Waals surface area contributed by atoms with Gasteiger partial charge in [0, 0.05) is 50.9 Å². The molecular formula is C44H54B2N12O14P2S. The highest BCUT2D eigenvalue weighted by molar-refractivity contribution is 7.99. The number of nitrogens with one attached hydrogen (secondary N) is 2. The maximum Gasteiger partial charge on any atom is 0.494 e. The summed E-state index contributed by atoms with van der Waals surface area (Å²) in [7, 11) is -1.68. The highest BCUT2D eigenvalue weighted by atomic mass is 32.2. The number of hydrogen-bond acceptors (Lipinski definition) is 23. The number of aliphatic imine (C=N–C) groups is 2. The fraction of sp³-hybridized carbons (Fsp3) is 0.455. The Morgan fingerprint density at radius 3 is 1.47 bits per heavy atom. The second kappa shape index (κ2) is 25.4. The number of imidazole rings is 2. The number of H-pyrrole nitrogens is 2. The van der Waals surface area contributed by atoms with E-state index in [9.17, 15) is 9.59 Å². The maximum atomic E-state index is 12.7. The molecule has 6 N–H and O–H groups in total. The van der Waals surface area contributed by atoms with Crippen LogP contribution in [0.2, 0.25) is 0 Å². The lowest BCUT2D eigenvalue weighted by Crippen LogP contribution is -2.36. The van der Waals surface area contributed by atoms with Gasteiger partial charge in [-0.25, -0.2) is 9.97 Å². The quantitative estimate of drug-likeness (QED) is 0.0261. The highest BCUT2D eigenvalue weighted by Gasteiger charge is 2.57. The summed E-state index contributed by atoms with van der Waals surface area (Å²) in [5.74, 6) is 1.04. The maximum absolute atomic E-state index is 12.7. The Bertz CT molecular complexity index is 2810. The lowest BCUT2D eigenvalue weighted by atomic mass is 9.79. The molecular weight excluding hydrogens is 1040 g/mol. The molecule has 0 aliphatic carbocycles. The van der Waals surface area contributed by atoms with Crippen LogP contribution in [0.25, 0.3) is 22.3 Å². The third-order valence-electron chi connectivity index (χ3n) is 12.1. The van der Waals surface area contributed by atoms with Gasteiger partial charge in [0.15, 0.2) is 34.8 Å². The highest BCUT2D eigenvalue weighted by Crippen LogP contribution is 2.46. The van der Waals surface area contributed by atoms with E-state index in [2.05, 4.69) is 39.9 Å². The Morgan fingerprint density at radius 1 is 0.627 bits per heavy atom. The van der Waals surface area contributed by atoms with Crippen molar-refractivity contribution >= 4 is 101 Å². The normalized spacial score (nSPS) is 24.4. The van der Waals surface area contributed by atoms with Crippen molar-refractivity contribution < 1.29 is 55.2 Å². The number of fused-ring (bicyclic) bond motifs is 4. The number of nitrogen functional groups attached to an aromatic ring is 2. The summed E-state index contributed by atoms with van der Waals surface area (Å²) in [4.78, 5) is 55.7. The van der Waals surface area contributed by atoms with E-state index in [0.29, 0.717) is 50.8 Å². The minimum atomic E-state index is -1.85. The molecule has 396 valence electrons. The number of rotatable bonds is 26. The van der Waals surface area contributed by atoms with E-state index in [-0.39, 0.29) is 47.4 Å². The van der Waals surface area contributed by atoms with Crippen LogP contribution in [0.4, 0.5) is 11.9 Å². The van der Waals surface area contributed by atoms with Crippen LogP contribution < -0.4 is 33.5 Å². The number of aromatic nitrogens is 8. The molecule has 0 bridgehead atoms. The molecule has 10 rings (SSSR count). The summed E-state index contributed by atoms with van der Waals surface area (Å²) in [6, 6.07) is 19.1. The Balaban J connectivity index is 0.738. The standard InChI is InChI=1S/C44H54B2N12O14P2S/c1-49-15-9-17-61-73(65-23-29-33-35(71-45(69-33)27-11-5-3-6-12-27)41(67-29)57-25-51-31-37(57)53-43(47)55-39(31)59)63-19-21-75-22-20-64-74(62-18-10-16-50-2)66-24-30-34-36(72-46(70-34)28-13-7-4-8-14-28)42(68-30)58-26-52-32-38(58)54-44(48)56-40(32)60/h3-8,11-16,25-26,29-30,33-36,41-42H,9-10,17-24H2,1-2H3,(H3,47,53,55,59)(H3,48,54,56,60)/t29-,30-,33-,34-,35-,36-,41-,42-,73?,74?/m1/s1. The molecule has 0 saturated carbocycles. The molecule has 4 aliphatic heterocycles. The van der Waals surface area contributed by atoms with Gasteiger partial charge in [-0.05, 0) is 10.9 Å². The van der Waals surface area contributed by atoms with Gasteiger partial charge in [0.2, 0.25) is 11.9 Å². The number of benzene rings is 2. The van der Waals surface area contributed by atoms with Gasteiger partial charge in [-0.2, -0.15) is 21.7 Å². The van der Waals surface area contributed by atoms with Crippen molar-refractivity contribution in [3.05, 3.63) is 94.0 Å². The van der Waals surface area contributed by atoms with Crippen molar-refractivity contribution in [3.63, 3.8) is 0 Å². The fourth-order valence-corrected chi connectivity index (χ4v) is 11.6. The first kappa shape index (κ1) is 53.3. The smallest absolute Gasteiger partial charge is 0.399 e. The molecule has 0 spiro atoms. The van der Waals surface area contributed by atoms with Crippen LogP contribution in [0.1, 0.15) is 25.3 Å². The monoisotopic (exact) mass is 1090 g/mol. The number of nitrogens with zero attached hydrogens (tertiary/aromatic N) is 8. The van der Waals surface area contributed by atoms with Gasteiger partial charge in [-0.1, -0.05) is 60.7 Å². The van der Waals surface area contributed by atoms with Crippen molar-refractivity contribution in [2.45, 2.75) is 61.9 Å². The molecule has 75 heavy (non-hydrogen) atoms. The average Bonchev–Trinajstić information content (AvgIpc) is 4.30. The predicted molar refractivity (Wildman–Crippen MR) is 281 cm³/mol. The van der Waals surface area contributed by atoms with Gasteiger partial charge in [0.05, 0.1) is 52.3 Å². The van der Waals surface area contributed by atoms with Crippen molar-refractivity contribution in [2.24, 2.45) is 9.98 Å². The summed E-state index contributed by atoms with van der Waals surface area (Å²) in [6.07, 6.45) is 2.28. The molecule has 2 aromatic carbocycles. The van der Waals surface area contributed by atoms with Gasteiger partial charge in [0.1, 0.15) is 36.6 Å². The van der Waals surface area contributed by atoms with Crippen molar-refractivity contribution in [1.82, 2.24) is 39.0 Å². The lowest BCUT2D eigenvalue weighted by molar-refractivity contribution is -0.0556. The zero-order valence-corrected chi connectivity index (χ0v) is 43.3. The zero-order chi connectivity index (χ0) is 51.7. The zero-order valence-electron chi connectivity index (χ0n) is 40.7. The van der Waals surface area contributed by atoms with Crippen LogP contribution >= 0.6 is 29.0 Å². The number of nitrogens with two attached hydrogens (primary N) is 2. The van der Waals surface area contributed by atoms with Gasteiger partial charge >= 0.3 is 31.4 Å². The Morgan fingerprint density at radius 2 is 1.04 bits per heavy atom. The summed E-state index contributed by atoms with van der Waals surface area (Å²) in [6.45, 7) is 1.28. The predicted octanol–water partition coefficient (Wildman–Crippen LogP) is 2.04. The number of hydrogen-bond donors (Lipinski definition) is 4. The SMILES string of the molecule is CN=CCCOP(OCCSCCOP(OCCC=NC)OC[C@H]1O[C@@H](n2cnc3c(=O)[nH]c(N)nc32)[C@@H]2OB(c3ccccc3)O[C@@H]21)OC[C@H]1O[C@@H](n2cnc3c(=O)[nH]c(N)nc32)[C@@H]2OB(c3ccccc3)O[C@@H]21. The summed E-state index contributed by atoms with van der Waals surface area (Å²) in [5.41, 5.74) is 13.3. The van der Waals surface area contributed by atoms with Crippen LogP contribution in [-0.2, 0) is 55.2 Å². The first-order valence-electron chi connectivity index (χ1n) is 24.0. The second-order valence-electron chi connectivity index (χ2n) is 17.0. The summed E-state index contributed by atoms with van der Waals surface area (Å²) < 4.78 is 79.4. The second-order valence-corrected chi connectivity index (χ2v) is 20.7. The molecule has 6 aromatic rings. The number of thioether (sulfide) groups is 1. The topological polar surface area (TPSA) is 315 Å². The van der Waals surface area contributed by atoms with Crippen LogP contribution in [0.15, 0.2) is 92.9 Å². The summed E-state index contributed by atoms with van der Waals surface area (Å²) >= 11 is 1.60. The molecule has 0 amide bonds.